The quantitative estimate of drug-likeness (QED) is 0.845. The van der Waals surface area contributed by atoms with E-state index in [9.17, 15) is 4.79 Å². The van der Waals surface area contributed by atoms with Crippen LogP contribution in [0.1, 0.15) is 12.0 Å². The Morgan fingerprint density at radius 1 is 1.50 bits per heavy atom. The molecule has 0 saturated carbocycles. The number of aliphatic carboxylic acids is 1. The fourth-order valence-corrected chi connectivity index (χ4v) is 2.50. The number of carbonyl (C=O) groups is 1. The molecule has 20 heavy (non-hydrogen) atoms. The summed E-state index contributed by atoms with van der Waals surface area (Å²) in [6, 6.07) is 3.19. The second-order valence-electron chi connectivity index (χ2n) is 4.52. The molecule has 1 aliphatic rings. The summed E-state index contributed by atoms with van der Waals surface area (Å²) in [6.45, 7) is 1.90. The summed E-state index contributed by atoms with van der Waals surface area (Å²) in [6.07, 6.45) is 3.39. The van der Waals surface area contributed by atoms with E-state index in [0.29, 0.717) is 40.5 Å². The van der Waals surface area contributed by atoms with E-state index in [2.05, 4.69) is 0 Å². The van der Waals surface area contributed by atoms with E-state index in [-0.39, 0.29) is 0 Å². The van der Waals surface area contributed by atoms with E-state index in [4.69, 9.17) is 37.8 Å². The normalized spacial score (nSPS) is 18.6. The lowest BCUT2D eigenvalue weighted by molar-refractivity contribution is -0.131. The number of hydrogen-bond donors (Lipinski definition) is 1. The molecule has 0 amide bonds. The predicted octanol–water partition coefficient (Wildman–Crippen LogP) is 3.51. The Morgan fingerprint density at radius 3 is 2.95 bits per heavy atom. The van der Waals surface area contributed by atoms with Crippen molar-refractivity contribution in [3.63, 3.8) is 0 Å². The zero-order valence-electron chi connectivity index (χ0n) is 10.6. The summed E-state index contributed by atoms with van der Waals surface area (Å²) in [5, 5.41) is 9.49. The van der Waals surface area contributed by atoms with Crippen molar-refractivity contribution in [1.29, 1.82) is 0 Å². The van der Waals surface area contributed by atoms with Gasteiger partial charge in [-0.25, -0.2) is 4.79 Å². The molecule has 0 radical (unpaired) electrons. The molecule has 1 saturated heterocycles. The number of carboxylic acid groups (broad SMARTS) is 1. The molecule has 1 aromatic rings. The van der Waals surface area contributed by atoms with Gasteiger partial charge in [0.05, 0.1) is 18.2 Å². The lowest BCUT2D eigenvalue weighted by atomic mass is 10.1. The summed E-state index contributed by atoms with van der Waals surface area (Å²) >= 11 is 12.0. The Morgan fingerprint density at radius 2 is 2.30 bits per heavy atom. The molecular formula is C14H14Cl2O4. The molecule has 1 unspecified atom stereocenters. The molecule has 0 spiro atoms. The Kier molecular flexibility index (Phi) is 5.29. The Balaban J connectivity index is 2.17. The van der Waals surface area contributed by atoms with Gasteiger partial charge in [0, 0.05) is 29.2 Å². The van der Waals surface area contributed by atoms with Crippen LogP contribution >= 0.6 is 23.2 Å². The molecule has 1 aliphatic heterocycles. The van der Waals surface area contributed by atoms with Crippen LogP contribution < -0.4 is 4.74 Å². The smallest absolute Gasteiger partial charge is 0.328 e. The Labute approximate surface area is 126 Å². The molecule has 0 aromatic heterocycles. The van der Waals surface area contributed by atoms with Crippen molar-refractivity contribution in [2.24, 2.45) is 5.92 Å². The van der Waals surface area contributed by atoms with Crippen molar-refractivity contribution in [3.8, 4) is 5.75 Å². The van der Waals surface area contributed by atoms with Gasteiger partial charge in [-0.15, -0.1) is 0 Å². The summed E-state index contributed by atoms with van der Waals surface area (Å²) in [5.74, 6) is -0.269. The first-order chi connectivity index (χ1) is 9.56. The van der Waals surface area contributed by atoms with E-state index < -0.39 is 5.97 Å². The van der Waals surface area contributed by atoms with Crippen LogP contribution in [-0.2, 0) is 9.53 Å². The third kappa shape index (κ3) is 4.13. The van der Waals surface area contributed by atoms with Gasteiger partial charge in [0.2, 0.25) is 0 Å². The van der Waals surface area contributed by atoms with Crippen molar-refractivity contribution in [1.82, 2.24) is 0 Å². The van der Waals surface area contributed by atoms with Crippen molar-refractivity contribution in [3.05, 3.63) is 33.8 Å². The summed E-state index contributed by atoms with van der Waals surface area (Å²) in [5.41, 5.74) is 0.545. The SMILES string of the molecule is O=C(O)C=Cc1cc(Cl)cc(Cl)c1OCC1CCOC1. The molecule has 0 bridgehead atoms. The van der Waals surface area contributed by atoms with E-state index in [1.165, 1.54) is 6.08 Å². The van der Waals surface area contributed by atoms with E-state index >= 15 is 0 Å². The van der Waals surface area contributed by atoms with E-state index in [1.54, 1.807) is 12.1 Å². The van der Waals surface area contributed by atoms with Crippen molar-refractivity contribution in [2.75, 3.05) is 19.8 Å². The first-order valence-corrected chi connectivity index (χ1v) is 6.92. The summed E-state index contributed by atoms with van der Waals surface area (Å²) in [4.78, 5) is 10.6. The van der Waals surface area contributed by atoms with Gasteiger partial charge in [0.25, 0.3) is 0 Å². The first-order valence-electron chi connectivity index (χ1n) is 6.17. The van der Waals surface area contributed by atoms with Crippen LogP contribution in [-0.4, -0.2) is 30.9 Å². The van der Waals surface area contributed by atoms with E-state index in [1.807, 2.05) is 0 Å². The minimum absolute atomic E-state index is 0.332. The van der Waals surface area contributed by atoms with Gasteiger partial charge in [-0.1, -0.05) is 23.2 Å². The second kappa shape index (κ2) is 6.97. The van der Waals surface area contributed by atoms with Crippen molar-refractivity contribution < 1.29 is 19.4 Å². The maximum absolute atomic E-state index is 10.6. The van der Waals surface area contributed by atoms with Gasteiger partial charge in [-0.2, -0.15) is 0 Å². The number of halogens is 2. The fourth-order valence-electron chi connectivity index (χ4n) is 1.93. The van der Waals surface area contributed by atoms with Crippen LogP contribution in [0.2, 0.25) is 10.0 Å². The third-order valence-electron chi connectivity index (χ3n) is 2.93. The lowest BCUT2D eigenvalue weighted by Crippen LogP contribution is -2.12. The van der Waals surface area contributed by atoms with Crippen LogP contribution in [0.3, 0.4) is 0 Å². The lowest BCUT2D eigenvalue weighted by Gasteiger charge is -2.14. The molecule has 108 valence electrons. The van der Waals surface area contributed by atoms with Crippen molar-refractivity contribution >= 4 is 35.2 Å². The monoisotopic (exact) mass is 316 g/mol. The fraction of sp³-hybridized carbons (Fsp3) is 0.357. The Hall–Kier alpha value is -1.23. The number of ether oxygens (including phenoxy) is 2. The number of benzene rings is 1. The molecule has 1 aromatic carbocycles. The molecule has 1 N–H and O–H groups in total. The van der Waals surface area contributed by atoms with Crippen LogP contribution in [0.25, 0.3) is 6.08 Å². The minimum atomic E-state index is -1.05. The zero-order valence-corrected chi connectivity index (χ0v) is 12.2. The molecule has 4 nitrogen and oxygen atoms in total. The number of hydrogen-bond acceptors (Lipinski definition) is 3. The van der Waals surface area contributed by atoms with Crippen LogP contribution in [0.4, 0.5) is 0 Å². The molecule has 2 rings (SSSR count). The standard InChI is InChI=1S/C14H14Cl2O4/c15-11-5-10(1-2-13(17)18)14(12(16)6-11)20-8-9-3-4-19-7-9/h1-2,5-6,9H,3-4,7-8H2,(H,17,18). The second-order valence-corrected chi connectivity index (χ2v) is 5.36. The maximum Gasteiger partial charge on any atom is 0.328 e. The number of rotatable bonds is 5. The van der Waals surface area contributed by atoms with Gasteiger partial charge in [-0.05, 0) is 24.6 Å². The molecule has 6 heteroatoms. The Bertz CT molecular complexity index is 522. The predicted molar refractivity (Wildman–Crippen MR) is 77.6 cm³/mol. The van der Waals surface area contributed by atoms with Gasteiger partial charge in [0.15, 0.2) is 0 Å². The molecule has 1 atom stereocenters. The molecule has 1 heterocycles. The maximum atomic E-state index is 10.6. The van der Waals surface area contributed by atoms with Gasteiger partial charge in [0.1, 0.15) is 5.75 Å². The topological polar surface area (TPSA) is 55.8 Å². The molecule has 0 aliphatic carbocycles. The van der Waals surface area contributed by atoms with Gasteiger partial charge < -0.3 is 14.6 Å². The first kappa shape index (κ1) is 15.2. The van der Waals surface area contributed by atoms with Crippen LogP contribution in [0.5, 0.6) is 5.75 Å². The minimum Gasteiger partial charge on any atom is -0.491 e. The summed E-state index contributed by atoms with van der Waals surface area (Å²) < 4.78 is 11.0. The highest BCUT2D eigenvalue weighted by atomic mass is 35.5. The van der Waals surface area contributed by atoms with Crippen LogP contribution in [0.15, 0.2) is 18.2 Å². The highest BCUT2D eigenvalue weighted by Gasteiger charge is 2.18. The molecular weight excluding hydrogens is 303 g/mol. The average Bonchev–Trinajstić information content (AvgIpc) is 2.88. The average molecular weight is 317 g/mol. The highest BCUT2D eigenvalue weighted by molar-refractivity contribution is 6.35. The number of carboxylic acids is 1. The van der Waals surface area contributed by atoms with Gasteiger partial charge in [-0.3, -0.25) is 0 Å². The highest BCUT2D eigenvalue weighted by Crippen LogP contribution is 2.34. The summed E-state index contributed by atoms with van der Waals surface area (Å²) in [7, 11) is 0. The van der Waals surface area contributed by atoms with Gasteiger partial charge >= 0.3 is 5.97 Å². The zero-order chi connectivity index (χ0) is 14.5. The molecule has 1 fully saturated rings. The van der Waals surface area contributed by atoms with E-state index in [0.717, 1.165) is 19.1 Å². The van der Waals surface area contributed by atoms with Crippen molar-refractivity contribution in [2.45, 2.75) is 6.42 Å². The van der Waals surface area contributed by atoms with Crippen LogP contribution in [0, 0.1) is 5.92 Å². The largest absolute Gasteiger partial charge is 0.491 e. The third-order valence-corrected chi connectivity index (χ3v) is 3.43.